The summed E-state index contributed by atoms with van der Waals surface area (Å²) in [5, 5.41) is 2.63. The first kappa shape index (κ1) is 7.21. The van der Waals surface area contributed by atoms with Crippen molar-refractivity contribution >= 4 is 5.91 Å². The zero-order chi connectivity index (χ0) is 8.55. The molecule has 1 amide bonds. The van der Waals surface area contributed by atoms with Crippen molar-refractivity contribution in [1.29, 1.82) is 0 Å². The van der Waals surface area contributed by atoms with Crippen LogP contribution in [0.15, 0.2) is 12.3 Å². The summed E-state index contributed by atoms with van der Waals surface area (Å²) < 4.78 is 12.6. The van der Waals surface area contributed by atoms with E-state index in [-0.39, 0.29) is 5.91 Å². The van der Waals surface area contributed by atoms with Gasteiger partial charge in [-0.2, -0.15) is 4.39 Å². The number of carbonyl (C=O) groups excluding carboxylic acids is 1. The zero-order valence-electron chi connectivity index (χ0n) is 6.30. The van der Waals surface area contributed by atoms with Crippen molar-refractivity contribution in [3.63, 3.8) is 0 Å². The summed E-state index contributed by atoms with van der Waals surface area (Å²) in [6, 6.07) is 1.17. The first-order valence-electron chi connectivity index (χ1n) is 3.70. The van der Waals surface area contributed by atoms with Gasteiger partial charge in [0.15, 0.2) is 0 Å². The molecule has 12 heavy (non-hydrogen) atoms. The Hall–Kier alpha value is -1.45. The second-order valence-electron chi connectivity index (χ2n) is 2.67. The van der Waals surface area contributed by atoms with Crippen LogP contribution in [0, 0.1) is 5.95 Å². The van der Waals surface area contributed by atoms with E-state index in [0.29, 0.717) is 12.1 Å². The van der Waals surface area contributed by atoms with Gasteiger partial charge in [-0.05, 0) is 12.0 Å². The summed E-state index contributed by atoms with van der Waals surface area (Å²) >= 11 is 0. The van der Waals surface area contributed by atoms with E-state index in [4.69, 9.17) is 0 Å². The van der Waals surface area contributed by atoms with Crippen LogP contribution in [0.1, 0.15) is 15.9 Å². The van der Waals surface area contributed by atoms with E-state index < -0.39 is 5.95 Å². The maximum Gasteiger partial charge on any atom is 0.251 e. The van der Waals surface area contributed by atoms with E-state index in [1.807, 2.05) is 0 Å². The SMILES string of the molecule is O=C1NCCc2cnc(F)cc21. The Kier molecular flexibility index (Phi) is 1.53. The van der Waals surface area contributed by atoms with Crippen LogP contribution in [-0.2, 0) is 6.42 Å². The van der Waals surface area contributed by atoms with Gasteiger partial charge in [0.1, 0.15) is 0 Å². The topological polar surface area (TPSA) is 42.0 Å². The maximum absolute atomic E-state index is 12.6. The van der Waals surface area contributed by atoms with Crippen LogP contribution in [-0.4, -0.2) is 17.4 Å². The van der Waals surface area contributed by atoms with Crippen LogP contribution in [0.4, 0.5) is 4.39 Å². The minimum atomic E-state index is -0.606. The number of nitrogens with zero attached hydrogens (tertiary/aromatic N) is 1. The maximum atomic E-state index is 12.6. The van der Waals surface area contributed by atoms with E-state index in [2.05, 4.69) is 10.3 Å². The lowest BCUT2D eigenvalue weighted by Crippen LogP contribution is -2.32. The molecule has 4 heteroatoms. The first-order valence-corrected chi connectivity index (χ1v) is 3.70. The average Bonchev–Trinajstić information content (AvgIpc) is 2.07. The molecule has 0 bridgehead atoms. The number of pyridine rings is 1. The summed E-state index contributed by atoms with van der Waals surface area (Å²) in [7, 11) is 0. The van der Waals surface area contributed by atoms with Crippen molar-refractivity contribution in [1.82, 2.24) is 10.3 Å². The standard InChI is InChI=1S/C8H7FN2O/c9-7-3-6-5(4-11-7)1-2-10-8(6)12/h3-4H,1-2H2,(H,10,12). The Morgan fingerprint density at radius 2 is 2.42 bits per heavy atom. The molecule has 0 radical (unpaired) electrons. The fourth-order valence-corrected chi connectivity index (χ4v) is 1.27. The lowest BCUT2D eigenvalue weighted by atomic mass is 10.0. The average molecular weight is 166 g/mol. The van der Waals surface area contributed by atoms with Crippen molar-refractivity contribution in [3.8, 4) is 0 Å². The van der Waals surface area contributed by atoms with Crippen LogP contribution in [0.25, 0.3) is 0 Å². The second kappa shape index (κ2) is 2.55. The molecular formula is C8H7FN2O. The van der Waals surface area contributed by atoms with Gasteiger partial charge >= 0.3 is 0 Å². The van der Waals surface area contributed by atoms with Crippen LogP contribution in [0.5, 0.6) is 0 Å². The van der Waals surface area contributed by atoms with Gasteiger partial charge in [-0.15, -0.1) is 0 Å². The first-order chi connectivity index (χ1) is 5.77. The molecule has 0 spiro atoms. The number of fused-ring (bicyclic) bond motifs is 1. The van der Waals surface area contributed by atoms with Crippen molar-refractivity contribution < 1.29 is 9.18 Å². The van der Waals surface area contributed by atoms with Gasteiger partial charge in [-0.1, -0.05) is 0 Å². The molecule has 0 aromatic carbocycles. The molecule has 0 atom stereocenters. The minimum Gasteiger partial charge on any atom is -0.352 e. The lowest BCUT2D eigenvalue weighted by molar-refractivity contribution is 0.0945. The summed E-state index contributed by atoms with van der Waals surface area (Å²) in [4.78, 5) is 14.6. The quantitative estimate of drug-likeness (QED) is 0.570. The molecule has 0 fully saturated rings. The predicted molar refractivity (Wildman–Crippen MR) is 40.2 cm³/mol. The van der Waals surface area contributed by atoms with Crippen molar-refractivity contribution in [3.05, 3.63) is 29.3 Å². The Bertz CT molecular complexity index is 338. The Morgan fingerprint density at radius 1 is 1.58 bits per heavy atom. The molecule has 1 aromatic rings. The Labute approximate surface area is 68.6 Å². The van der Waals surface area contributed by atoms with Crippen LogP contribution in [0.2, 0.25) is 0 Å². The number of halogens is 1. The van der Waals surface area contributed by atoms with Gasteiger partial charge in [-0.3, -0.25) is 4.79 Å². The molecule has 0 saturated heterocycles. The second-order valence-corrected chi connectivity index (χ2v) is 2.67. The van der Waals surface area contributed by atoms with Gasteiger partial charge in [0.25, 0.3) is 5.91 Å². The summed E-state index contributed by atoms with van der Waals surface area (Å²) in [6.07, 6.45) is 2.15. The summed E-state index contributed by atoms with van der Waals surface area (Å²) in [5.74, 6) is -0.816. The molecule has 62 valence electrons. The molecule has 1 aliphatic heterocycles. The van der Waals surface area contributed by atoms with Gasteiger partial charge in [-0.25, -0.2) is 4.98 Å². The van der Waals surface area contributed by atoms with E-state index in [9.17, 15) is 9.18 Å². The van der Waals surface area contributed by atoms with Crippen molar-refractivity contribution in [2.75, 3.05) is 6.54 Å². The van der Waals surface area contributed by atoms with Crippen LogP contribution < -0.4 is 5.32 Å². The molecule has 1 aliphatic rings. The third-order valence-corrected chi connectivity index (χ3v) is 1.88. The molecule has 3 nitrogen and oxygen atoms in total. The van der Waals surface area contributed by atoms with Crippen molar-refractivity contribution in [2.24, 2.45) is 0 Å². The predicted octanol–water partition coefficient (Wildman–Crippen LogP) is 0.507. The number of hydrogen-bond acceptors (Lipinski definition) is 2. The van der Waals surface area contributed by atoms with Crippen molar-refractivity contribution in [2.45, 2.75) is 6.42 Å². The molecular weight excluding hydrogens is 159 g/mol. The number of amides is 1. The molecule has 2 rings (SSSR count). The van der Waals surface area contributed by atoms with Gasteiger partial charge in [0.2, 0.25) is 5.95 Å². The fraction of sp³-hybridized carbons (Fsp3) is 0.250. The third-order valence-electron chi connectivity index (χ3n) is 1.88. The van der Waals surface area contributed by atoms with E-state index >= 15 is 0 Å². The number of carbonyl (C=O) groups is 1. The molecule has 0 unspecified atom stereocenters. The molecule has 1 N–H and O–H groups in total. The summed E-state index contributed by atoms with van der Waals surface area (Å²) in [5.41, 5.74) is 1.23. The van der Waals surface area contributed by atoms with Crippen LogP contribution >= 0.6 is 0 Å². The number of hydrogen-bond donors (Lipinski definition) is 1. The highest BCUT2D eigenvalue weighted by Crippen LogP contribution is 2.12. The molecule has 2 heterocycles. The number of rotatable bonds is 0. The monoisotopic (exact) mass is 166 g/mol. The fourth-order valence-electron chi connectivity index (χ4n) is 1.27. The lowest BCUT2D eigenvalue weighted by Gasteiger charge is -2.14. The third kappa shape index (κ3) is 1.05. The minimum absolute atomic E-state index is 0.211. The van der Waals surface area contributed by atoms with E-state index in [0.717, 1.165) is 12.0 Å². The number of nitrogens with one attached hydrogen (secondary N) is 1. The molecule has 0 aliphatic carbocycles. The summed E-state index contributed by atoms with van der Waals surface area (Å²) in [6.45, 7) is 0.610. The van der Waals surface area contributed by atoms with Gasteiger partial charge in [0, 0.05) is 24.4 Å². The van der Waals surface area contributed by atoms with Gasteiger partial charge in [0.05, 0.1) is 0 Å². The zero-order valence-corrected chi connectivity index (χ0v) is 6.30. The van der Waals surface area contributed by atoms with E-state index in [1.54, 1.807) is 0 Å². The molecule has 0 saturated carbocycles. The Balaban J connectivity index is 2.54. The van der Waals surface area contributed by atoms with Crippen LogP contribution in [0.3, 0.4) is 0 Å². The number of aromatic nitrogens is 1. The smallest absolute Gasteiger partial charge is 0.251 e. The highest BCUT2D eigenvalue weighted by atomic mass is 19.1. The highest BCUT2D eigenvalue weighted by molar-refractivity contribution is 5.96. The Morgan fingerprint density at radius 3 is 3.25 bits per heavy atom. The largest absolute Gasteiger partial charge is 0.352 e. The van der Waals surface area contributed by atoms with E-state index in [1.165, 1.54) is 12.3 Å². The highest BCUT2D eigenvalue weighted by Gasteiger charge is 2.16. The normalized spacial score (nSPS) is 15.2. The molecule has 1 aromatic heterocycles. The van der Waals surface area contributed by atoms with Gasteiger partial charge < -0.3 is 5.32 Å².